The predicted molar refractivity (Wildman–Crippen MR) is 116 cm³/mol. The number of carbonyl (C=O) groups excluding carboxylic acids is 1. The minimum atomic E-state index is -0.358. The topological polar surface area (TPSA) is 79.4 Å². The molecule has 1 amide bonds. The van der Waals surface area contributed by atoms with E-state index >= 15 is 0 Å². The molecule has 0 aliphatic carbocycles. The SMILES string of the molecule is O=C(NN=Cc1ccc(OCc2ccccc2)cc1)c1cc(-c2ccccc2)n[nH]1. The molecular formula is C24H20N4O2. The Kier molecular flexibility index (Phi) is 5.96. The van der Waals surface area contributed by atoms with Gasteiger partial charge < -0.3 is 4.74 Å². The number of hydrogen-bond donors (Lipinski definition) is 2. The molecule has 0 bridgehead atoms. The number of hydrazone groups is 1. The number of amides is 1. The molecule has 2 N–H and O–H groups in total. The quantitative estimate of drug-likeness (QED) is 0.358. The van der Waals surface area contributed by atoms with Gasteiger partial charge in [-0.2, -0.15) is 10.2 Å². The van der Waals surface area contributed by atoms with Crippen molar-refractivity contribution in [1.82, 2.24) is 15.6 Å². The summed E-state index contributed by atoms with van der Waals surface area (Å²) in [5.74, 6) is 0.412. The number of H-pyrrole nitrogens is 1. The lowest BCUT2D eigenvalue weighted by atomic mass is 10.1. The van der Waals surface area contributed by atoms with Crippen LogP contribution in [0.25, 0.3) is 11.3 Å². The van der Waals surface area contributed by atoms with E-state index in [0.29, 0.717) is 18.0 Å². The maximum absolute atomic E-state index is 12.2. The molecule has 4 aromatic rings. The van der Waals surface area contributed by atoms with E-state index < -0.39 is 0 Å². The van der Waals surface area contributed by atoms with Crippen LogP contribution in [0.3, 0.4) is 0 Å². The third kappa shape index (κ3) is 4.99. The largest absolute Gasteiger partial charge is 0.489 e. The normalized spacial score (nSPS) is 10.8. The van der Waals surface area contributed by atoms with Crippen LogP contribution in [-0.4, -0.2) is 22.3 Å². The van der Waals surface area contributed by atoms with Crippen molar-refractivity contribution in [2.75, 3.05) is 0 Å². The Morgan fingerprint density at radius 3 is 2.40 bits per heavy atom. The number of nitrogens with zero attached hydrogens (tertiary/aromatic N) is 2. The second-order valence-corrected chi connectivity index (χ2v) is 6.58. The molecule has 0 radical (unpaired) electrons. The highest BCUT2D eigenvalue weighted by molar-refractivity contribution is 5.94. The van der Waals surface area contributed by atoms with Gasteiger partial charge in [0.15, 0.2) is 0 Å². The van der Waals surface area contributed by atoms with Gasteiger partial charge in [-0.25, -0.2) is 5.43 Å². The van der Waals surface area contributed by atoms with Gasteiger partial charge in [-0.1, -0.05) is 60.7 Å². The van der Waals surface area contributed by atoms with Gasteiger partial charge in [0.1, 0.15) is 18.1 Å². The molecule has 0 aliphatic rings. The molecule has 3 aromatic carbocycles. The third-order valence-corrected chi connectivity index (χ3v) is 4.40. The first-order valence-corrected chi connectivity index (χ1v) is 9.49. The number of ether oxygens (including phenoxy) is 1. The van der Waals surface area contributed by atoms with E-state index in [1.54, 1.807) is 12.3 Å². The van der Waals surface area contributed by atoms with Gasteiger partial charge in [-0.05, 0) is 41.5 Å². The van der Waals surface area contributed by atoms with Crippen molar-refractivity contribution in [1.29, 1.82) is 0 Å². The lowest BCUT2D eigenvalue weighted by molar-refractivity contribution is 0.0950. The van der Waals surface area contributed by atoms with Crippen molar-refractivity contribution in [2.24, 2.45) is 5.10 Å². The lowest BCUT2D eigenvalue weighted by Crippen LogP contribution is -2.17. The molecule has 0 aliphatic heterocycles. The van der Waals surface area contributed by atoms with Crippen LogP contribution in [-0.2, 0) is 6.61 Å². The molecule has 0 spiro atoms. The summed E-state index contributed by atoms with van der Waals surface area (Å²) >= 11 is 0. The maximum atomic E-state index is 12.2. The van der Waals surface area contributed by atoms with Gasteiger partial charge in [0.05, 0.1) is 11.9 Å². The fourth-order valence-electron chi connectivity index (χ4n) is 2.81. The number of aromatic amines is 1. The molecular weight excluding hydrogens is 376 g/mol. The Labute approximate surface area is 174 Å². The van der Waals surface area contributed by atoms with Crippen molar-refractivity contribution >= 4 is 12.1 Å². The molecule has 0 atom stereocenters. The number of nitrogens with one attached hydrogen (secondary N) is 2. The van der Waals surface area contributed by atoms with Crippen molar-refractivity contribution in [2.45, 2.75) is 6.61 Å². The summed E-state index contributed by atoms with van der Waals surface area (Å²) in [6.07, 6.45) is 1.58. The first-order chi connectivity index (χ1) is 14.8. The molecule has 30 heavy (non-hydrogen) atoms. The van der Waals surface area contributed by atoms with Gasteiger partial charge in [0, 0.05) is 5.56 Å². The maximum Gasteiger partial charge on any atom is 0.289 e. The molecule has 0 fully saturated rings. The van der Waals surface area contributed by atoms with Gasteiger partial charge in [0.2, 0.25) is 0 Å². The van der Waals surface area contributed by atoms with Crippen LogP contribution < -0.4 is 10.2 Å². The first kappa shape index (κ1) is 19.1. The summed E-state index contributed by atoms with van der Waals surface area (Å²) < 4.78 is 5.76. The number of aromatic nitrogens is 2. The molecule has 6 nitrogen and oxygen atoms in total. The molecule has 0 unspecified atom stereocenters. The molecule has 148 valence electrons. The van der Waals surface area contributed by atoms with Crippen molar-refractivity contribution in [3.63, 3.8) is 0 Å². The summed E-state index contributed by atoms with van der Waals surface area (Å²) in [6, 6.07) is 28.8. The number of rotatable bonds is 7. The highest BCUT2D eigenvalue weighted by Gasteiger charge is 2.10. The zero-order valence-corrected chi connectivity index (χ0v) is 16.2. The number of hydrogen-bond acceptors (Lipinski definition) is 4. The number of carbonyl (C=O) groups is 1. The Bertz CT molecular complexity index is 1120. The molecule has 0 saturated heterocycles. The highest BCUT2D eigenvalue weighted by atomic mass is 16.5. The molecule has 6 heteroatoms. The summed E-state index contributed by atoms with van der Waals surface area (Å²) in [5, 5.41) is 10.9. The Hall–Kier alpha value is -4.19. The van der Waals surface area contributed by atoms with Gasteiger partial charge in [0.25, 0.3) is 5.91 Å². The minimum absolute atomic E-state index is 0.343. The van der Waals surface area contributed by atoms with Gasteiger partial charge in [-0.15, -0.1) is 0 Å². The molecule has 1 aromatic heterocycles. The monoisotopic (exact) mass is 396 g/mol. The zero-order chi connectivity index (χ0) is 20.6. The first-order valence-electron chi connectivity index (χ1n) is 9.49. The van der Waals surface area contributed by atoms with E-state index in [2.05, 4.69) is 20.7 Å². The lowest BCUT2D eigenvalue weighted by Gasteiger charge is -2.06. The van der Waals surface area contributed by atoms with E-state index in [-0.39, 0.29) is 5.91 Å². The van der Waals surface area contributed by atoms with Gasteiger partial charge in [-0.3, -0.25) is 9.89 Å². The van der Waals surface area contributed by atoms with Crippen molar-refractivity contribution in [3.8, 4) is 17.0 Å². The average Bonchev–Trinajstić information content (AvgIpc) is 3.30. The van der Waals surface area contributed by atoms with Crippen LogP contribution in [0.1, 0.15) is 21.6 Å². The summed E-state index contributed by atoms with van der Waals surface area (Å²) in [4.78, 5) is 12.2. The van der Waals surface area contributed by atoms with Crippen LogP contribution in [0, 0.1) is 0 Å². The predicted octanol–water partition coefficient (Wildman–Crippen LogP) is 4.42. The summed E-state index contributed by atoms with van der Waals surface area (Å²) in [5.41, 5.74) is 6.44. The van der Waals surface area contributed by atoms with E-state index in [0.717, 1.165) is 22.4 Å². The van der Waals surface area contributed by atoms with Crippen LogP contribution in [0.4, 0.5) is 0 Å². The van der Waals surface area contributed by atoms with E-state index in [9.17, 15) is 4.79 Å². The Balaban J connectivity index is 1.30. The molecule has 0 saturated carbocycles. The fourth-order valence-corrected chi connectivity index (χ4v) is 2.81. The van der Waals surface area contributed by atoms with E-state index in [4.69, 9.17) is 4.74 Å². The smallest absolute Gasteiger partial charge is 0.289 e. The van der Waals surface area contributed by atoms with Gasteiger partial charge >= 0.3 is 0 Å². The highest BCUT2D eigenvalue weighted by Crippen LogP contribution is 2.17. The van der Waals surface area contributed by atoms with Crippen LogP contribution in [0.5, 0.6) is 5.75 Å². The van der Waals surface area contributed by atoms with Crippen molar-refractivity contribution in [3.05, 3.63) is 108 Å². The van der Waals surface area contributed by atoms with Crippen LogP contribution >= 0.6 is 0 Å². The molecule has 1 heterocycles. The summed E-state index contributed by atoms with van der Waals surface area (Å²) in [6.45, 7) is 0.513. The average molecular weight is 396 g/mol. The van der Waals surface area contributed by atoms with E-state index in [1.807, 2.05) is 84.9 Å². The third-order valence-electron chi connectivity index (χ3n) is 4.40. The molecule has 4 rings (SSSR count). The zero-order valence-electron chi connectivity index (χ0n) is 16.2. The Morgan fingerprint density at radius 2 is 1.67 bits per heavy atom. The number of benzene rings is 3. The van der Waals surface area contributed by atoms with Crippen molar-refractivity contribution < 1.29 is 9.53 Å². The van der Waals surface area contributed by atoms with Crippen LogP contribution in [0.15, 0.2) is 96.1 Å². The Morgan fingerprint density at radius 1 is 0.967 bits per heavy atom. The standard InChI is InChI=1S/C24H20N4O2/c29-24(23-15-22(26-27-23)20-9-5-2-6-10-20)28-25-16-18-11-13-21(14-12-18)30-17-19-7-3-1-4-8-19/h1-16H,17H2,(H,26,27)(H,28,29). The van der Waals surface area contributed by atoms with Crippen LogP contribution in [0.2, 0.25) is 0 Å². The van der Waals surface area contributed by atoms with E-state index in [1.165, 1.54) is 0 Å². The minimum Gasteiger partial charge on any atom is -0.489 e. The summed E-state index contributed by atoms with van der Waals surface area (Å²) in [7, 11) is 0. The second kappa shape index (κ2) is 9.34. The second-order valence-electron chi connectivity index (χ2n) is 6.58. The fraction of sp³-hybridized carbons (Fsp3) is 0.0417.